The molecule has 0 aromatic heterocycles. The summed E-state index contributed by atoms with van der Waals surface area (Å²) < 4.78 is 33.7. The van der Waals surface area contributed by atoms with Crippen LogP contribution in [0.15, 0.2) is 18.2 Å². The van der Waals surface area contributed by atoms with Gasteiger partial charge >= 0.3 is 5.97 Å². The summed E-state index contributed by atoms with van der Waals surface area (Å²) in [6.07, 6.45) is 0. The highest BCUT2D eigenvalue weighted by molar-refractivity contribution is 5.91. The number of hydrogen-bond donors (Lipinski definition) is 1. The molecule has 4 nitrogen and oxygen atoms in total. The summed E-state index contributed by atoms with van der Waals surface area (Å²) in [4.78, 5) is 10.9. The number of benzene rings is 1. The van der Waals surface area contributed by atoms with Crippen LogP contribution in [0.25, 0.3) is 0 Å². The first-order valence-corrected chi connectivity index (χ1v) is 4.94. The van der Waals surface area contributed by atoms with Crippen molar-refractivity contribution in [2.24, 2.45) is 0 Å². The van der Waals surface area contributed by atoms with Gasteiger partial charge in [0, 0.05) is 0 Å². The van der Waals surface area contributed by atoms with Crippen LogP contribution in [0.5, 0.6) is 11.5 Å². The Labute approximate surface area is 96.8 Å². The van der Waals surface area contributed by atoms with Crippen LogP contribution in [-0.4, -0.2) is 37.6 Å². The molecule has 0 bridgehead atoms. The lowest BCUT2D eigenvalue weighted by molar-refractivity contribution is 0.0691. The van der Waals surface area contributed by atoms with Gasteiger partial charge in [0.25, 0.3) is 0 Å². The average molecular weight is 246 g/mol. The number of carboxylic acids is 1. The molecule has 94 valence electrons. The van der Waals surface area contributed by atoms with Crippen molar-refractivity contribution < 1.29 is 28.2 Å². The Balaban J connectivity index is 2.87. The average Bonchev–Trinajstić information content (AvgIpc) is 2.34. The van der Waals surface area contributed by atoms with Gasteiger partial charge in [0.1, 0.15) is 43.6 Å². The van der Waals surface area contributed by atoms with Crippen LogP contribution in [0.4, 0.5) is 8.78 Å². The van der Waals surface area contributed by atoms with E-state index in [4.69, 9.17) is 14.6 Å². The van der Waals surface area contributed by atoms with Crippen molar-refractivity contribution in [3.63, 3.8) is 0 Å². The smallest absolute Gasteiger partial charge is 0.339 e. The molecule has 0 radical (unpaired) electrons. The first kappa shape index (κ1) is 13.2. The zero-order chi connectivity index (χ0) is 12.7. The molecule has 0 spiro atoms. The zero-order valence-corrected chi connectivity index (χ0v) is 8.99. The molecule has 6 heteroatoms. The molecule has 1 aromatic carbocycles. The molecular formula is C11H12F2O4. The lowest BCUT2D eigenvalue weighted by Gasteiger charge is -2.10. The van der Waals surface area contributed by atoms with Crippen LogP contribution in [-0.2, 0) is 0 Å². The van der Waals surface area contributed by atoms with Crippen LogP contribution in [0.1, 0.15) is 10.4 Å². The van der Waals surface area contributed by atoms with Gasteiger partial charge in [-0.3, -0.25) is 0 Å². The van der Waals surface area contributed by atoms with E-state index in [-0.39, 0.29) is 30.3 Å². The molecule has 1 aromatic rings. The molecule has 17 heavy (non-hydrogen) atoms. The lowest BCUT2D eigenvalue weighted by atomic mass is 10.2. The van der Waals surface area contributed by atoms with E-state index in [1.807, 2.05) is 0 Å². The summed E-state index contributed by atoms with van der Waals surface area (Å²) in [5.41, 5.74) is -0.144. The highest BCUT2D eigenvalue weighted by Gasteiger charge is 2.12. The Hall–Kier alpha value is -1.85. The van der Waals surface area contributed by atoms with Gasteiger partial charge in [-0.05, 0) is 18.2 Å². The minimum Gasteiger partial charge on any atom is -0.491 e. The number of carboxylic acid groups (broad SMARTS) is 1. The molecule has 1 N–H and O–H groups in total. The molecule has 0 atom stereocenters. The van der Waals surface area contributed by atoms with E-state index in [0.717, 1.165) is 0 Å². The van der Waals surface area contributed by atoms with Crippen LogP contribution in [0.2, 0.25) is 0 Å². The molecule has 0 heterocycles. The fraction of sp³-hybridized carbons (Fsp3) is 0.364. The summed E-state index contributed by atoms with van der Waals surface area (Å²) in [6.45, 7) is -1.74. The zero-order valence-electron chi connectivity index (χ0n) is 8.99. The summed E-state index contributed by atoms with van der Waals surface area (Å²) in [5.74, 6) is -0.931. The van der Waals surface area contributed by atoms with Gasteiger partial charge in [-0.15, -0.1) is 0 Å². The van der Waals surface area contributed by atoms with Crippen molar-refractivity contribution in [2.45, 2.75) is 0 Å². The van der Waals surface area contributed by atoms with Crippen LogP contribution < -0.4 is 9.47 Å². The van der Waals surface area contributed by atoms with Crippen molar-refractivity contribution in [1.82, 2.24) is 0 Å². The van der Waals surface area contributed by atoms with Gasteiger partial charge < -0.3 is 14.6 Å². The Morgan fingerprint density at radius 2 is 1.82 bits per heavy atom. The largest absolute Gasteiger partial charge is 0.491 e. The predicted molar refractivity (Wildman–Crippen MR) is 56.3 cm³/mol. The van der Waals surface area contributed by atoms with E-state index in [1.165, 1.54) is 18.2 Å². The van der Waals surface area contributed by atoms with Crippen molar-refractivity contribution in [2.75, 3.05) is 26.6 Å². The van der Waals surface area contributed by atoms with Crippen molar-refractivity contribution in [3.8, 4) is 11.5 Å². The Morgan fingerprint density at radius 3 is 2.41 bits per heavy atom. The van der Waals surface area contributed by atoms with Crippen LogP contribution in [0.3, 0.4) is 0 Å². The summed E-state index contributed by atoms with van der Waals surface area (Å²) in [5, 5.41) is 8.91. The predicted octanol–water partition coefficient (Wildman–Crippen LogP) is 2.08. The second-order valence-electron chi connectivity index (χ2n) is 3.04. The second kappa shape index (κ2) is 6.67. The highest BCUT2D eigenvalue weighted by Crippen LogP contribution is 2.24. The minimum atomic E-state index is -1.22. The molecule has 1 rings (SSSR count). The van der Waals surface area contributed by atoms with Crippen LogP contribution >= 0.6 is 0 Å². The number of hydrogen-bond acceptors (Lipinski definition) is 3. The summed E-state index contributed by atoms with van der Waals surface area (Å²) in [6, 6.07) is 4.01. The maximum absolute atomic E-state index is 11.9. The Bertz CT molecular complexity index is 382. The third-order valence-electron chi connectivity index (χ3n) is 1.86. The van der Waals surface area contributed by atoms with Gasteiger partial charge in [-0.2, -0.15) is 0 Å². The van der Waals surface area contributed by atoms with Gasteiger partial charge in [0.15, 0.2) is 0 Å². The minimum absolute atomic E-state index is 0.0581. The number of carbonyl (C=O) groups is 1. The normalized spacial score (nSPS) is 10.0. The van der Waals surface area contributed by atoms with E-state index in [2.05, 4.69) is 0 Å². The monoisotopic (exact) mass is 246 g/mol. The quantitative estimate of drug-likeness (QED) is 0.800. The molecule has 0 amide bonds. The Morgan fingerprint density at radius 1 is 1.18 bits per heavy atom. The van der Waals surface area contributed by atoms with Crippen LogP contribution in [0, 0.1) is 0 Å². The van der Waals surface area contributed by atoms with Gasteiger partial charge in [0.2, 0.25) is 0 Å². The number of aromatic carboxylic acids is 1. The van der Waals surface area contributed by atoms with Gasteiger partial charge in [0.05, 0.1) is 0 Å². The van der Waals surface area contributed by atoms with Crippen molar-refractivity contribution >= 4 is 5.97 Å². The first-order valence-electron chi connectivity index (χ1n) is 4.94. The van der Waals surface area contributed by atoms with Crippen molar-refractivity contribution in [3.05, 3.63) is 23.8 Å². The van der Waals surface area contributed by atoms with E-state index >= 15 is 0 Å². The van der Waals surface area contributed by atoms with E-state index in [0.29, 0.717) is 0 Å². The van der Waals surface area contributed by atoms with Crippen molar-refractivity contribution in [1.29, 1.82) is 0 Å². The maximum Gasteiger partial charge on any atom is 0.339 e. The van der Waals surface area contributed by atoms with E-state index in [1.54, 1.807) is 0 Å². The molecule has 0 fully saturated rings. The molecule has 0 aliphatic rings. The fourth-order valence-corrected chi connectivity index (χ4v) is 1.20. The maximum atomic E-state index is 11.9. The third kappa shape index (κ3) is 3.90. The number of halogens is 2. The number of ether oxygens (including phenoxy) is 2. The molecule has 0 saturated carbocycles. The molecule has 0 aliphatic heterocycles. The van der Waals surface area contributed by atoms with E-state index in [9.17, 15) is 13.6 Å². The third-order valence-corrected chi connectivity index (χ3v) is 1.86. The topological polar surface area (TPSA) is 55.8 Å². The molecular weight excluding hydrogens is 234 g/mol. The van der Waals surface area contributed by atoms with Gasteiger partial charge in [-0.1, -0.05) is 0 Å². The van der Waals surface area contributed by atoms with Gasteiger partial charge in [-0.25, -0.2) is 13.6 Å². The summed E-state index contributed by atoms with van der Waals surface area (Å²) in [7, 11) is 0. The first-order chi connectivity index (χ1) is 8.19. The SMILES string of the molecule is O=C(O)c1cc(OCCF)ccc1OCCF. The lowest BCUT2D eigenvalue weighted by Crippen LogP contribution is -2.06. The van der Waals surface area contributed by atoms with E-state index < -0.39 is 19.3 Å². The Kier molecular flexibility index (Phi) is 5.19. The summed E-state index contributed by atoms with van der Waals surface area (Å²) >= 11 is 0. The number of alkyl halides is 2. The number of rotatable bonds is 7. The molecule has 0 saturated heterocycles. The fourth-order valence-electron chi connectivity index (χ4n) is 1.20. The molecule has 0 unspecified atom stereocenters. The standard InChI is InChI=1S/C11H12F2O4/c12-3-5-16-8-1-2-10(17-6-4-13)9(7-8)11(14)15/h1-2,7H,3-6H2,(H,14,15). The second-order valence-corrected chi connectivity index (χ2v) is 3.04. The highest BCUT2D eigenvalue weighted by atomic mass is 19.1. The molecule has 0 aliphatic carbocycles.